The Balaban J connectivity index is 1.70. The minimum atomic E-state index is -0.885. The Morgan fingerprint density at radius 3 is 2.63 bits per heavy atom. The third-order valence-electron chi connectivity index (χ3n) is 4.82. The minimum absolute atomic E-state index is 0.0322. The van der Waals surface area contributed by atoms with E-state index in [-0.39, 0.29) is 24.3 Å². The topological polar surface area (TPSA) is 64.0 Å². The van der Waals surface area contributed by atoms with Gasteiger partial charge in [0.1, 0.15) is 5.75 Å². The van der Waals surface area contributed by atoms with Crippen LogP contribution in [0.2, 0.25) is 0 Å². The molecule has 0 saturated carbocycles. The number of rotatable bonds is 5. The van der Waals surface area contributed by atoms with Gasteiger partial charge in [0.2, 0.25) is 0 Å². The van der Waals surface area contributed by atoms with Crippen LogP contribution in [0.1, 0.15) is 22.3 Å². The lowest BCUT2D eigenvalue weighted by Gasteiger charge is -2.41. The second kappa shape index (κ2) is 8.45. The van der Waals surface area contributed by atoms with E-state index in [4.69, 9.17) is 0 Å². The van der Waals surface area contributed by atoms with Gasteiger partial charge in [-0.05, 0) is 42.3 Å². The van der Waals surface area contributed by atoms with Gasteiger partial charge in [-0.2, -0.15) is 0 Å². The molecule has 0 bridgehead atoms. The van der Waals surface area contributed by atoms with Crippen LogP contribution >= 0.6 is 0 Å². The average molecular weight is 376 g/mol. The van der Waals surface area contributed by atoms with Crippen molar-refractivity contribution in [3.05, 3.63) is 65.2 Å². The van der Waals surface area contributed by atoms with Crippen LogP contribution in [-0.2, 0) is 6.54 Å². The quantitative estimate of drug-likeness (QED) is 0.841. The third-order valence-corrected chi connectivity index (χ3v) is 4.82. The van der Waals surface area contributed by atoms with Crippen molar-refractivity contribution >= 4 is 5.91 Å². The SMILES string of the molecule is O=C(c1cccc(O)c1)N1CCN(Cc2ccc(F)c(F)c2)[C@@H](CCO)C1. The van der Waals surface area contributed by atoms with Crippen molar-refractivity contribution < 1.29 is 23.8 Å². The van der Waals surface area contributed by atoms with Gasteiger partial charge in [0.15, 0.2) is 11.6 Å². The fourth-order valence-electron chi connectivity index (χ4n) is 3.40. The molecule has 1 fully saturated rings. The molecule has 0 radical (unpaired) electrons. The number of nitrogens with zero attached hydrogens (tertiary/aromatic N) is 2. The normalized spacial score (nSPS) is 17.9. The van der Waals surface area contributed by atoms with Crippen molar-refractivity contribution in [3.63, 3.8) is 0 Å². The summed E-state index contributed by atoms with van der Waals surface area (Å²) in [6.45, 7) is 1.82. The first-order valence-corrected chi connectivity index (χ1v) is 8.85. The van der Waals surface area contributed by atoms with Crippen molar-refractivity contribution in [1.29, 1.82) is 0 Å². The van der Waals surface area contributed by atoms with Gasteiger partial charge in [0.25, 0.3) is 5.91 Å². The highest BCUT2D eigenvalue weighted by Gasteiger charge is 2.30. The lowest BCUT2D eigenvalue weighted by Crippen LogP contribution is -2.54. The maximum atomic E-state index is 13.5. The van der Waals surface area contributed by atoms with Crippen molar-refractivity contribution in [2.24, 2.45) is 0 Å². The standard InChI is InChI=1S/C20H22F2N2O3/c21-18-5-4-14(10-19(18)22)12-23-7-8-24(13-16(23)6-9-25)20(27)15-2-1-3-17(26)11-15/h1-5,10-11,16,25-26H,6-9,12-13H2/t16-/m0/s1. The molecule has 0 unspecified atom stereocenters. The number of halogens is 2. The molecule has 5 nitrogen and oxygen atoms in total. The summed E-state index contributed by atoms with van der Waals surface area (Å²) in [6.07, 6.45) is 0.466. The van der Waals surface area contributed by atoms with Crippen LogP contribution in [-0.4, -0.2) is 58.2 Å². The average Bonchev–Trinajstić information content (AvgIpc) is 2.66. The molecule has 1 saturated heterocycles. The maximum Gasteiger partial charge on any atom is 0.254 e. The lowest BCUT2D eigenvalue weighted by molar-refractivity contribution is 0.0394. The second-order valence-electron chi connectivity index (χ2n) is 6.69. The summed E-state index contributed by atoms with van der Waals surface area (Å²) < 4.78 is 26.6. The number of piperazine rings is 1. The van der Waals surface area contributed by atoms with Crippen LogP contribution in [0, 0.1) is 11.6 Å². The number of carbonyl (C=O) groups is 1. The Morgan fingerprint density at radius 2 is 1.93 bits per heavy atom. The second-order valence-corrected chi connectivity index (χ2v) is 6.69. The summed E-state index contributed by atoms with van der Waals surface area (Å²) in [6, 6.07) is 9.92. The molecule has 27 heavy (non-hydrogen) atoms. The fraction of sp³-hybridized carbons (Fsp3) is 0.350. The summed E-state index contributed by atoms with van der Waals surface area (Å²) in [5, 5.41) is 19.0. The van der Waals surface area contributed by atoms with Crippen molar-refractivity contribution in [3.8, 4) is 5.75 Å². The van der Waals surface area contributed by atoms with Gasteiger partial charge in [-0.15, -0.1) is 0 Å². The summed E-state index contributed by atoms with van der Waals surface area (Å²) in [5.41, 5.74) is 1.05. The zero-order valence-electron chi connectivity index (χ0n) is 14.8. The van der Waals surface area contributed by atoms with Crippen LogP contribution in [0.3, 0.4) is 0 Å². The summed E-state index contributed by atoms with van der Waals surface area (Å²) in [4.78, 5) is 16.4. The number of carbonyl (C=O) groups excluding carboxylic acids is 1. The monoisotopic (exact) mass is 376 g/mol. The maximum absolute atomic E-state index is 13.5. The highest BCUT2D eigenvalue weighted by atomic mass is 19.2. The van der Waals surface area contributed by atoms with E-state index in [9.17, 15) is 23.8 Å². The molecule has 144 valence electrons. The van der Waals surface area contributed by atoms with Crippen LogP contribution in [0.5, 0.6) is 5.75 Å². The largest absolute Gasteiger partial charge is 0.508 e. The molecule has 0 aliphatic carbocycles. The van der Waals surface area contributed by atoms with Crippen LogP contribution in [0.15, 0.2) is 42.5 Å². The number of aliphatic hydroxyl groups excluding tert-OH is 1. The molecule has 1 amide bonds. The van der Waals surface area contributed by atoms with E-state index in [1.54, 1.807) is 23.1 Å². The number of phenolic OH excluding ortho intramolecular Hbond substituents is 1. The highest BCUT2D eigenvalue weighted by Crippen LogP contribution is 2.20. The number of phenols is 1. The van der Waals surface area contributed by atoms with E-state index in [2.05, 4.69) is 4.90 Å². The van der Waals surface area contributed by atoms with Gasteiger partial charge in [-0.3, -0.25) is 9.69 Å². The van der Waals surface area contributed by atoms with Gasteiger partial charge in [0, 0.05) is 44.4 Å². The van der Waals surface area contributed by atoms with E-state index >= 15 is 0 Å². The van der Waals surface area contributed by atoms with Crippen molar-refractivity contribution in [1.82, 2.24) is 9.80 Å². The Hall–Kier alpha value is -2.51. The van der Waals surface area contributed by atoms with Crippen LogP contribution < -0.4 is 0 Å². The molecule has 7 heteroatoms. The van der Waals surface area contributed by atoms with Crippen LogP contribution in [0.25, 0.3) is 0 Å². The predicted octanol–water partition coefficient (Wildman–Crippen LogP) is 2.38. The number of aromatic hydroxyl groups is 1. The molecule has 2 aromatic rings. The molecule has 1 aliphatic heterocycles. The third kappa shape index (κ3) is 4.61. The van der Waals surface area contributed by atoms with E-state index in [1.165, 1.54) is 18.2 Å². The molecular formula is C20H22F2N2O3. The van der Waals surface area contributed by atoms with Crippen molar-refractivity contribution in [2.75, 3.05) is 26.2 Å². The predicted molar refractivity (Wildman–Crippen MR) is 96.3 cm³/mol. The highest BCUT2D eigenvalue weighted by molar-refractivity contribution is 5.94. The Kier molecular flexibility index (Phi) is 6.03. The number of aliphatic hydroxyl groups is 1. The molecule has 0 aromatic heterocycles. The van der Waals surface area contributed by atoms with Crippen molar-refractivity contribution in [2.45, 2.75) is 19.0 Å². The van der Waals surface area contributed by atoms with Gasteiger partial charge in [0.05, 0.1) is 0 Å². The first kappa shape index (κ1) is 19.3. The van der Waals surface area contributed by atoms with Gasteiger partial charge in [-0.25, -0.2) is 8.78 Å². The van der Waals surface area contributed by atoms with Gasteiger partial charge in [-0.1, -0.05) is 12.1 Å². The number of hydrogen-bond donors (Lipinski definition) is 2. The number of benzene rings is 2. The number of hydrogen-bond acceptors (Lipinski definition) is 4. The molecule has 3 rings (SSSR count). The molecular weight excluding hydrogens is 354 g/mol. The fourth-order valence-corrected chi connectivity index (χ4v) is 3.40. The van der Waals surface area contributed by atoms with Crippen LogP contribution in [0.4, 0.5) is 8.78 Å². The minimum Gasteiger partial charge on any atom is -0.508 e. The Bertz CT molecular complexity index is 816. The van der Waals surface area contributed by atoms with Gasteiger partial charge >= 0.3 is 0 Å². The van der Waals surface area contributed by atoms with Gasteiger partial charge < -0.3 is 15.1 Å². The van der Waals surface area contributed by atoms with E-state index < -0.39 is 11.6 Å². The van der Waals surface area contributed by atoms with E-state index in [0.29, 0.717) is 43.7 Å². The lowest BCUT2D eigenvalue weighted by atomic mass is 10.1. The number of amides is 1. The zero-order valence-corrected chi connectivity index (χ0v) is 14.8. The summed E-state index contributed by atoms with van der Waals surface area (Å²) in [7, 11) is 0. The molecule has 2 N–H and O–H groups in total. The van der Waals surface area contributed by atoms with E-state index in [0.717, 1.165) is 6.07 Å². The molecule has 1 heterocycles. The Labute approximate surface area is 156 Å². The summed E-state index contributed by atoms with van der Waals surface area (Å²) in [5.74, 6) is -1.91. The first-order chi connectivity index (χ1) is 13.0. The molecule has 1 aliphatic rings. The smallest absolute Gasteiger partial charge is 0.254 e. The molecule has 0 spiro atoms. The Morgan fingerprint density at radius 1 is 1.11 bits per heavy atom. The summed E-state index contributed by atoms with van der Waals surface area (Å²) >= 11 is 0. The molecule has 1 atom stereocenters. The molecule has 2 aromatic carbocycles. The zero-order chi connectivity index (χ0) is 19.4. The van der Waals surface area contributed by atoms with E-state index in [1.807, 2.05) is 0 Å². The first-order valence-electron chi connectivity index (χ1n) is 8.85.